The Kier molecular flexibility index (Phi) is 6.86. The van der Waals surface area contributed by atoms with Gasteiger partial charge in [-0.3, -0.25) is 4.90 Å². The summed E-state index contributed by atoms with van der Waals surface area (Å²) >= 11 is 3.53. The van der Waals surface area contributed by atoms with Crippen molar-refractivity contribution in [1.82, 2.24) is 4.90 Å². The van der Waals surface area contributed by atoms with E-state index in [0.29, 0.717) is 12.5 Å². The zero-order valence-corrected chi connectivity index (χ0v) is 11.4. The molecule has 0 saturated heterocycles. The van der Waals surface area contributed by atoms with Crippen LogP contribution in [0.3, 0.4) is 0 Å². The van der Waals surface area contributed by atoms with E-state index >= 15 is 0 Å². The van der Waals surface area contributed by atoms with Gasteiger partial charge in [0.25, 0.3) is 0 Å². The second-order valence-electron chi connectivity index (χ2n) is 4.77. The molecule has 1 N–H and O–H groups in total. The highest BCUT2D eigenvalue weighted by atomic mass is 79.9. The van der Waals surface area contributed by atoms with Gasteiger partial charge in [0.15, 0.2) is 0 Å². The van der Waals surface area contributed by atoms with E-state index < -0.39 is 0 Å². The molecule has 0 radical (unpaired) electrons. The number of hydrogen-bond donors (Lipinski definition) is 1. The molecule has 15 heavy (non-hydrogen) atoms. The molecule has 0 aromatic rings. The van der Waals surface area contributed by atoms with E-state index in [0.717, 1.165) is 24.5 Å². The van der Waals surface area contributed by atoms with Crippen LogP contribution in [-0.4, -0.2) is 41.1 Å². The summed E-state index contributed by atoms with van der Waals surface area (Å²) in [4.78, 5) is 2.49. The lowest BCUT2D eigenvalue weighted by Gasteiger charge is -2.35. The summed E-state index contributed by atoms with van der Waals surface area (Å²) in [6, 6.07) is 0.729. The molecule has 0 heterocycles. The highest BCUT2D eigenvalue weighted by Crippen LogP contribution is 2.23. The van der Waals surface area contributed by atoms with E-state index in [-0.39, 0.29) is 0 Å². The first-order chi connectivity index (χ1) is 7.27. The van der Waals surface area contributed by atoms with E-state index in [4.69, 9.17) is 5.11 Å². The van der Waals surface area contributed by atoms with Gasteiger partial charge in [-0.25, -0.2) is 0 Å². The van der Waals surface area contributed by atoms with Crippen LogP contribution in [0.1, 0.15) is 39.0 Å². The molecule has 1 fully saturated rings. The molecule has 0 spiro atoms. The Balaban J connectivity index is 2.39. The molecule has 0 bridgehead atoms. The SMILES string of the molecule is CC(CBr)CN(CCO)C1CCCCC1. The molecule has 1 aliphatic rings. The number of rotatable bonds is 6. The Hall–Kier alpha value is 0.400. The molecule has 1 unspecified atom stereocenters. The summed E-state index contributed by atoms with van der Waals surface area (Å²) in [6.07, 6.45) is 6.80. The minimum atomic E-state index is 0.297. The van der Waals surface area contributed by atoms with Crippen molar-refractivity contribution < 1.29 is 5.11 Å². The highest BCUT2D eigenvalue weighted by Gasteiger charge is 2.21. The number of aliphatic hydroxyl groups excluding tert-OH is 1. The van der Waals surface area contributed by atoms with Gasteiger partial charge in [-0.05, 0) is 18.8 Å². The molecule has 0 aromatic carbocycles. The average Bonchev–Trinajstić information content (AvgIpc) is 2.29. The fourth-order valence-corrected chi connectivity index (χ4v) is 2.65. The zero-order valence-electron chi connectivity index (χ0n) is 9.79. The van der Waals surface area contributed by atoms with Crippen LogP contribution in [-0.2, 0) is 0 Å². The minimum Gasteiger partial charge on any atom is -0.395 e. The van der Waals surface area contributed by atoms with Crippen molar-refractivity contribution in [2.45, 2.75) is 45.1 Å². The lowest BCUT2D eigenvalue weighted by Crippen LogP contribution is -2.41. The first-order valence-corrected chi connectivity index (χ1v) is 7.31. The Morgan fingerprint density at radius 1 is 1.33 bits per heavy atom. The predicted molar refractivity (Wildman–Crippen MR) is 68.5 cm³/mol. The first kappa shape index (κ1) is 13.5. The largest absolute Gasteiger partial charge is 0.395 e. The van der Waals surface area contributed by atoms with Crippen LogP contribution in [0.5, 0.6) is 0 Å². The molecule has 0 aliphatic heterocycles. The maximum absolute atomic E-state index is 9.10. The van der Waals surface area contributed by atoms with Crippen LogP contribution in [0, 0.1) is 5.92 Å². The monoisotopic (exact) mass is 277 g/mol. The van der Waals surface area contributed by atoms with Crippen molar-refractivity contribution in [1.29, 1.82) is 0 Å². The van der Waals surface area contributed by atoms with Gasteiger partial charge >= 0.3 is 0 Å². The number of aliphatic hydroxyl groups is 1. The van der Waals surface area contributed by atoms with Gasteiger partial charge in [-0.1, -0.05) is 42.1 Å². The van der Waals surface area contributed by atoms with Gasteiger partial charge in [0.05, 0.1) is 6.61 Å². The summed E-state index contributed by atoms with van der Waals surface area (Å²) in [5.74, 6) is 0.679. The van der Waals surface area contributed by atoms with Crippen molar-refractivity contribution in [2.24, 2.45) is 5.92 Å². The average molecular weight is 278 g/mol. The molecule has 1 atom stereocenters. The first-order valence-electron chi connectivity index (χ1n) is 6.18. The fourth-order valence-electron chi connectivity index (χ4n) is 2.45. The second-order valence-corrected chi connectivity index (χ2v) is 5.42. The summed E-state index contributed by atoms with van der Waals surface area (Å²) in [7, 11) is 0. The van der Waals surface area contributed by atoms with Crippen molar-refractivity contribution >= 4 is 15.9 Å². The standard InChI is InChI=1S/C12H24BrNO/c1-11(9-13)10-14(7-8-15)12-5-3-2-4-6-12/h11-12,15H,2-10H2,1H3. The Morgan fingerprint density at radius 3 is 2.53 bits per heavy atom. The summed E-state index contributed by atoms with van der Waals surface area (Å²) in [5, 5.41) is 10.2. The van der Waals surface area contributed by atoms with Crippen molar-refractivity contribution in [3.8, 4) is 0 Å². The topological polar surface area (TPSA) is 23.5 Å². The van der Waals surface area contributed by atoms with Crippen molar-refractivity contribution in [3.63, 3.8) is 0 Å². The van der Waals surface area contributed by atoms with E-state index in [9.17, 15) is 0 Å². The van der Waals surface area contributed by atoms with Crippen molar-refractivity contribution in [3.05, 3.63) is 0 Å². The van der Waals surface area contributed by atoms with Crippen LogP contribution in [0.15, 0.2) is 0 Å². The third kappa shape index (κ3) is 4.83. The quantitative estimate of drug-likeness (QED) is 0.755. The molecule has 1 saturated carbocycles. The molecule has 90 valence electrons. The van der Waals surface area contributed by atoms with Crippen LogP contribution >= 0.6 is 15.9 Å². The van der Waals surface area contributed by atoms with Gasteiger partial charge in [0.1, 0.15) is 0 Å². The Bertz CT molecular complexity index is 160. The molecule has 0 amide bonds. The maximum Gasteiger partial charge on any atom is 0.0558 e. The molecule has 2 nitrogen and oxygen atoms in total. The second kappa shape index (κ2) is 7.64. The summed E-state index contributed by atoms with van der Waals surface area (Å²) in [6.45, 7) is 4.53. The van der Waals surface area contributed by atoms with Gasteiger partial charge in [0.2, 0.25) is 0 Å². The Labute approximate surface area is 102 Å². The predicted octanol–water partition coefficient (Wildman–Crippen LogP) is 2.64. The third-order valence-corrected chi connectivity index (χ3v) is 4.39. The molecule has 3 heteroatoms. The van der Waals surface area contributed by atoms with Gasteiger partial charge in [-0.2, -0.15) is 0 Å². The highest BCUT2D eigenvalue weighted by molar-refractivity contribution is 9.09. The summed E-state index contributed by atoms with van der Waals surface area (Å²) in [5.41, 5.74) is 0. The molecular weight excluding hydrogens is 254 g/mol. The lowest BCUT2D eigenvalue weighted by atomic mass is 9.93. The minimum absolute atomic E-state index is 0.297. The maximum atomic E-state index is 9.10. The van der Waals surface area contributed by atoms with Crippen LogP contribution < -0.4 is 0 Å². The van der Waals surface area contributed by atoms with Crippen molar-refractivity contribution in [2.75, 3.05) is 25.0 Å². The van der Waals surface area contributed by atoms with E-state index in [1.165, 1.54) is 32.1 Å². The Morgan fingerprint density at radius 2 is 2.00 bits per heavy atom. The zero-order chi connectivity index (χ0) is 11.1. The normalized spacial score (nSPS) is 20.8. The van der Waals surface area contributed by atoms with Crippen LogP contribution in [0.25, 0.3) is 0 Å². The van der Waals surface area contributed by atoms with Gasteiger partial charge in [0, 0.05) is 24.5 Å². The molecule has 1 aliphatic carbocycles. The summed E-state index contributed by atoms with van der Waals surface area (Å²) < 4.78 is 0. The smallest absolute Gasteiger partial charge is 0.0558 e. The third-order valence-electron chi connectivity index (χ3n) is 3.29. The van der Waals surface area contributed by atoms with Crippen LogP contribution in [0.4, 0.5) is 0 Å². The number of alkyl halides is 1. The van der Waals surface area contributed by atoms with E-state index in [1.54, 1.807) is 0 Å². The number of halogens is 1. The lowest BCUT2D eigenvalue weighted by molar-refractivity contribution is 0.112. The fraction of sp³-hybridized carbons (Fsp3) is 1.00. The van der Waals surface area contributed by atoms with E-state index in [1.807, 2.05) is 0 Å². The molecular formula is C12H24BrNO. The molecule has 0 aromatic heterocycles. The van der Waals surface area contributed by atoms with Gasteiger partial charge in [-0.15, -0.1) is 0 Å². The number of hydrogen-bond acceptors (Lipinski definition) is 2. The van der Waals surface area contributed by atoms with E-state index in [2.05, 4.69) is 27.8 Å². The van der Waals surface area contributed by atoms with Crippen LogP contribution in [0.2, 0.25) is 0 Å². The molecule has 1 rings (SSSR count). The number of nitrogens with zero attached hydrogens (tertiary/aromatic N) is 1. The van der Waals surface area contributed by atoms with Gasteiger partial charge < -0.3 is 5.11 Å².